The van der Waals surface area contributed by atoms with Gasteiger partial charge in [0.15, 0.2) is 5.96 Å². The zero-order valence-electron chi connectivity index (χ0n) is 14.9. The molecule has 0 aliphatic carbocycles. The van der Waals surface area contributed by atoms with Crippen molar-refractivity contribution in [3.63, 3.8) is 0 Å². The van der Waals surface area contributed by atoms with E-state index in [2.05, 4.69) is 29.5 Å². The molecule has 1 unspecified atom stereocenters. The molecule has 1 aliphatic heterocycles. The van der Waals surface area contributed by atoms with Crippen LogP contribution in [-0.2, 0) is 14.2 Å². The van der Waals surface area contributed by atoms with Crippen LogP contribution < -0.4 is 10.6 Å². The van der Waals surface area contributed by atoms with Crippen molar-refractivity contribution in [1.82, 2.24) is 10.6 Å². The molecule has 1 aliphatic rings. The Morgan fingerprint density at radius 3 is 2.74 bits per heavy atom. The largest absolute Gasteiger partial charge is 0.380 e. The first-order valence-corrected chi connectivity index (χ1v) is 9.16. The first-order chi connectivity index (χ1) is 11.4. The summed E-state index contributed by atoms with van der Waals surface area (Å²) in [6, 6.07) is 0. The van der Waals surface area contributed by atoms with E-state index in [1.54, 1.807) is 0 Å². The van der Waals surface area contributed by atoms with Crippen LogP contribution in [0.15, 0.2) is 4.99 Å². The van der Waals surface area contributed by atoms with Gasteiger partial charge in [-0.15, -0.1) is 0 Å². The van der Waals surface area contributed by atoms with E-state index >= 15 is 0 Å². The van der Waals surface area contributed by atoms with Gasteiger partial charge in [-0.3, -0.25) is 4.99 Å². The summed E-state index contributed by atoms with van der Waals surface area (Å²) in [5.74, 6) is 0.853. The van der Waals surface area contributed by atoms with E-state index in [4.69, 9.17) is 14.2 Å². The first-order valence-electron chi connectivity index (χ1n) is 9.16. The van der Waals surface area contributed by atoms with Gasteiger partial charge in [-0.1, -0.05) is 13.3 Å². The fourth-order valence-corrected chi connectivity index (χ4v) is 2.28. The van der Waals surface area contributed by atoms with Gasteiger partial charge in [0.2, 0.25) is 0 Å². The van der Waals surface area contributed by atoms with Crippen molar-refractivity contribution in [2.45, 2.75) is 52.1 Å². The summed E-state index contributed by atoms with van der Waals surface area (Å²) in [5, 5.41) is 6.53. The van der Waals surface area contributed by atoms with Crippen molar-refractivity contribution >= 4 is 5.96 Å². The number of nitrogens with zero attached hydrogens (tertiary/aromatic N) is 1. The molecule has 0 aromatic carbocycles. The molecule has 2 N–H and O–H groups in total. The summed E-state index contributed by atoms with van der Waals surface area (Å²) in [6.45, 7) is 10.5. The van der Waals surface area contributed by atoms with Crippen LogP contribution in [0, 0.1) is 0 Å². The van der Waals surface area contributed by atoms with Gasteiger partial charge in [0.25, 0.3) is 0 Å². The fourth-order valence-electron chi connectivity index (χ4n) is 2.28. The Morgan fingerprint density at radius 2 is 2.00 bits per heavy atom. The molecule has 1 atom stereocenters. The van der Waals surface area contributed by atoms with Crippen LogP contribution in [0.25, 0.3) is 0 Å². The summed E-state index contributed by atoms with van der Waals surface area (Å²) in [5.41, 5.74) is 0. The van der Waals surface area contributed by atoms with Gasteiger partial charge in [-0.2, -0.15) is 0 Å². The molecule has 136 valence electrons. The van der Waals surface area contributed by atoms with Gasteiger partial charge < -0.3 is 24.8 Å². The molecule has 0 spiro atoms. The van der Waals surface area contributed by atoms with Crippen molar-refractivity contribution in [2.24, 2.45) is 4.99 Å². The molecule has 6 nitrogen and oxygen atoms in total. The molecule has 0 radical (unpaired) electrons. The second kappa shape index (κ2) is 14.7. The van der Waals surface area contributed by atoms with E-state index in [-0.39, 0.29) is 0 Å². The molecular formula is C17H35N3O3. The number of nitrogens with one attached hydrogen (secondary N) is 2. The Hall–Kier alpha value is -0.850. The van der Waals surface area contributed by atoms with E-state index in [9.17, 15) is 0 Å². The standard InChI is InChI=1S/C17H35N3O3/c1-3-5-11-21-14-10-20-17(18-4-2)19-9-7-12-22-15-16-8-6-13-23-16/h16H,3-15H2,1-2H3,(H2,18,19,20). The summed E-state index contributed by atoms with van der Waals surface area (Å²) in [4.78, 5) is 4.54. The van der Waals surface area contributed by atoms with Crippen LogP contribution in [-0.4, -0.2) is 64.7 Å². The molecule has 0 amide bonds. The van der Waals surface area contributed by atoms with Gasteiger partial charge in [0.05, 0.1) is 19.3 Å². The maximum atomic E-state index is 5.64. The Balaban J connectivity index is 2.01. The average molecular weight is 329 g/mol. The van der Waals surface area contributed by atoms with Crippen molar-refractivity contribution < 1.29 is 14.2 Å². The highest BCUT2D eigenvalue weighted by Gasteiger charge is 2.14. The molecular weight excluding hydrogens is 294 g/mol. The predicted molar refractivity (Wildman–Crippen MR) is 94.1 cm³/mol. The predicted octanol–water partition coefficient (Wildman–Crippen LogP) is 1.94. The monoisotopic (exact) mass is 329 g/mol. The molecule has 0 aromatic heterocycles. The van der Waals surface area contributed by atoms with Crippen molar-refractivity contribution in [1.29, 1.82) is 0 Å². The minimum Gasteiger partial charge on any atom is -0.380 e. The third-order valence-electron chi connectivity index (χ3n) is 3.57. The van der Waals surface area contributed by atoms with Crippen molar-refractivity contribution in [3.05, 3.63) is 0 Å². The highest BCUT2D eigenvalue weighted by atomic mass is 16.5. The molecule has 23 heavy (non-hydrogen) atoms. The van der Waals surface area contributed by atoms with Crippen LogP contribution in [0.4, 0.5) is 0 Å². The molecule has 0 bridgehead atoms. The lowest BCUT2D eigenvalue weighted by atomic mass is 10.2. The Labute approximate surface area is 141 Å². The van der Waals surface area contributed by atoms with Gasteiger partial charge in [0.1, 0.15) is 0 Å². The Morgan fingerprint density at radius 1 is 1.13 bits per heavy atom. The number of unbranched alkanes of at least 4 members (excludes halogenated alkanes) is 1. The van der Waals surface area contributed by atoms with E-state index in [1.807, 2.05) is 0 Å². The van der Waals surface area contributed by atoms with E-state index < -0.39 is 0 Å². The first kappa shape index (κ1) is 20.2. The van der Waals surface area contributed by atoms with E-state index in [0.29, 0.717) is 6.10 Å². The maximum Gasteiger partial charge on any atom is 0.191 e. The fraction of sp³-hybridized carbons (Fsp3) is 0.941. The van der Waals surface area contributed by atoms with Crippen LogP contribution in [0.1, 0.15) is 46.0 Å². The lowest BCUT2D eigenvalue weighted by molar-refractivity contribution is 0.0171. The Kier molecular flexibility index (Phi) is 12.9. The zero-order chi connectivity index (χ0) is 16.6. The second-order valence-corrected chi connectivity index (χ2v) is 5.72. The normalized spacial score (nSPS) is 18.3. The molecule has 1 rings (SSSR count). The minimum atomic E-state index is 0.310. The maximum absolute atomic E-state index is 5.64. The molecule has 1 heterocycles. The summed E-state index contributed by atoms with van der Waals surface area (Å²) in [6.07, 6.45) is 5.83. The smallest absolute Gasteiger partial charge is 0.191 e. The summed E-state index contributed by atoms with van der Waals surface area (Å²) >= 11 is 0. The van der Waals surface area contributed by atoms with Gasteiger partial charge >= 0.3 is 0 Å². The summed E-state index contributed by atoms with van der Waals surface area (Å²) in [7, 11) is 0. The van der Waals surface area contributed by atoms with Gasteiger partial charge in [0, 0.05) is 39.5 Å². The topological polar surface area (TPSA) is 64.1 Å². The number of hydrogen-bond donors (Lipinski definition) is 2. The Bertz CT molecular complexity index is 295. The number of rotatable bonds is 13. The molecule has 0 aromatic rings. The van der Waals surface area contributed by atoms with Crippen LogP contribution in [0.2, 0.25) is 0 Å². The SMILES string of the molecule is CCCCOCCNC(=NCCCOCC1CCCO1)NCC. The number of hydrogen-bond acceptors (Lipinski definition) is 4. The number of guanidine groups is 1. The lowest BCUT2D eigenvalue weighted by Gasteiger charge is -2.12. The van der Waals surface area contributed by atoms with E-state index in [1.165, 1.54) is 6.42 Å². The third kappa shape index (κ3) is 11.3. The molecule has 1 saturated heterocycles. The van der Waals surface area contributed by atoms with E-state index in [0.717, 1.165) is 84.3 Å². The van der Waals surface area contributed by atoms with Crippen LogP contribution in [0.3, 0.4) is 0 Å². The highest BCUT2D eigenvalue weighted by Crippen LogP contribution is 2.11. The number of ether oxygens (including phenoxy) is 3. The average Bonchev–Trinajstić information content (AvgIpc) is 3.07. The third-order valence-corrected chi connectivity index (χ3v) is 3.57. The zero-order valence-corrected chi connectivity index (χ0v) is 14.9. The van der Waals surface area contributed by atoms with Gasteiger partial charge in [-0.05, 0) is 32.6 Å². The minimum absolute atomic E-state index is 0.310. The molecule has 6 heteroatoms. The number of aliphatic imine (C=N–C) groups is 1. The van der Waals surface area contributed by atoms with Crippen molar-refractivity contribution in [2.75, 3.05) is 52.7 Å². The van der Waals surface area contributed by atoms with Gasteiger partial charge in [-0.25, -0.2) is 0 Å². The second-order valence-electron chi connectivity index (χ2n) is 5.72. The highest BCUT2D eigenvalue weighted by molar-refractivity contribution is 5.79. The van der Waals surface area contributed by atoms with Crippen molar-refractivity contribution in [3.8, 4) is 0 Å². The van der Waals surface area contributed by atoms with Crippen LogP contribution in [0.5, 0.6) is 0 Å². The molecule has 0 saturated carbocycles. The molecule has 1 fully saturated rings. The summed E-state index contributed by atoms with van der Waals surface area (Å²) < 4.78 is 16.7. The van der Waals surface area contributed by atoms with Crippen LogP contribution >= 0.6 is 0 Å². The lowest BCUT2D eigenvalue weighted by Crippen LogP contribution is -2.39. The quantitative estimate of drug-likeness (QED) is 0.307.